The van der Waals surface area contributed by atoms with Crippen LogP contribution in [0.4, 0.5) is 11.4 Å². The summed E-state index contributed by atoms with van der Waals surface area (Å²) in [6.07, 6.45) is 0.978. The molecule has 3 rings (SSSR count). The van der Waals surface area contributed by atoms with Gasteiger partial charge < -0.3 is 5.32 Å². The lowest BCUT2D eigenvalue weighted by molar-refractivity contribution is 0.594. The van der Waals surface area contributed by atoms with Gasteiger partial charge in [-0.05, 0) is 54.6 Å². The number of nitrogens with one attached hydrogen (secondary N) is 1. The molecule has 17 heavy (non-hydrogen) atoms. The second-order valence-corrected chi connectivity index (χ2v) is 5.28. The van der Waals surface area contributed by atoms with Crippen LogP contribution in [-0.4, -0.2) is 5.54 Å². The van der Waals surface area contributed by atoms with Crippen molar-refractivity contribution in [3.63, 3.8) is 0 Å². The fraction of sp³-hybridized carbons (Fsp3) is 0.286. The number of hydrogen-bond donors (Lipinski definition) is 1. The maximum absolute atomic E-state index is 10.8. The SMILES string of the molecule is CC1(C)Cc2cc3c(N=O)cccc3cc2N1. The van der Waals surface area contributed by atoms with E-state index in [9.17, 15) is 4.91 Å². The lowest BCUT2D eigenvalue weighted by Crippen LogP contribution is -2.26. The largest absolute Gasteiger partial charge is 0.380 e. The van der Waals surface area contributed by atoms with Gasteiger partial charge in [0.1, 0.15) is 5.69 Å². The van der Waals surface area contributed by atoms with Crippen molar-refractivity contribution in [2.45, 2.75) is 25.8 Å². The third kappa shape index (κ3) is 1.58. The van der Waals surface area contributed by atoms with E-state index in [4.69, 9.17) is 0 Å². The molecule has 0 saturated heterocycles. The average Bonchev–Trinajstić information content (AvgIpc) is 2.57. The first kappa shape index (κ1) is 10.3. The van der Waals surface area contributed by atoms with Gasteiger partial charge >= 0.3 is 0 Å². The van der Waals surface area contributed by atoms with Crippen LogP contribution in [0.2, 0.25) is 0 Å². The zero-order valence-electron chi connectivity index (χ0n) is 9.95. The molecule has 3 heteroatoms. The fourth-order valence-corrected chi connectivity index (χ4v) is 2.58. The third-order valence-corrected chi connectivity index (χ3v) is 3.28. The molecular formula is C14H14N2O. The van der Waals surface area contributed by atoms with E-state index in [1.165, 1.54) is 11.3 Å². The Morgan fingerprint density at radius 1 is 1.29 bits per heavy atom. The van der Waals surface area contributed by atoms with Crippen molar-refractivity contribution in [3.05, 3.63) is 40.8 Å². The van der Waals surface area contributed by atoms with E-state index in [0.29, 0.717) is 5.69 Å². The molecule has 1 aliphatic rings. The molecule has 1 aliphatic heterocycles. The Balaban J connectivity index is 2.27. The first-order chi connectivity index (χ1) is 8.09. The van der Waals surface area contributed by atoms with E-state index in [2.05, 4.69) is 36.5 Å². The monoisotopic (exact) mass is 226 g/mol. The van der Waals surface area contributed by atoms with Crippen LogP contribution in [0.25, 0.3) is 10.8 Å². The van der Waals surface area contributed by atoms with Gasteiger partial charge in [-0.25, -0.2) is 0 Å². The number of benzene rings is 2. The van der Waals surface area contributed by atoms with Crippen LogP contribution < -0.4 is 5.32 Å². The summed E-state index contributed by atoms with van der Waals surface area (Å²) in [7, 11) is 0. The summed E-state index contributed by atoms with van der Waals surface area (Å²) in [5.74, 6) is 0. The number of rotatable bonds is 1. The molecule has 0 aliphatic carbocycles. The number of fused-ring (bicyclic) bond motifs is 2. The highest BCUT2D eigenvalue weighted by Crippen LogP contribution is 2.37. The Morgan fingerprint density at radius 2 is 2.12 bits per heavy atom. The zero-order chi connectivity index (χ0) is 12.0. The van der Waals surface area contributed by atoms with Gasteiger partial charge in [-0.3, -0.25) is 0 Å². The Bertz CT molecular complexity index is 617. The summed E-state index contributed by atoms with van der Waals surface area (Å²) < 4.78 is 0. The molecule has 0 atom stereocenters. The van der Waals surface area contributed by atoms with Gasteiger partial charge in [0.2, 0.25) is 0 Å². The molecule has 2 aromatic carbocycles. The van der Waals surface area contributed by atoms with Gasteiger partial charge in [0, 0.05) is 16.6 Å². The highest BCUT2D eigenvalue weighted by Gasteiger charge is 2.27. The van der Waals surface area contributed by atoms with Crippen molar-refractivity contribution in [1.29, 1.82) is 0 Å². The van der Waals surface area contributed by atoms with Crippen LogP contribution in [-0.2, 0) is 6.42 Å². The molecule has 1 N–H and O–H groups in total. The molecule has 0 saturated carbocycles. The molecule has 86 valence electrons. The van der Waals surface area contributed by atoms with Crippen LogP contribution in [0.15, 0.2) is 35.5 Å². The molecule has 0 spiro atoms. The molecule has 3 nitrogen and oxygen atoms in total. The molecule has 0 amide bonds. The van der Waals surface area contributed by atoms with Crippen molar-refractivity contribution in [1.82, 2.24) is 0 Å². The lowest BCUT2D eigenvalue weighted by Gasteiger charge is -2.17. The van der Waals surface area contributed by atoms with Gasteiger partial charge in [0.05, 0.1) is 0 Å². The van der Waals surface area contributed by atoms with E-state index in [1.54, 1.807) is 6.07 Å². The zero-order valence-corrected chi connectivity index (χ0v) is 9.95. The van der Waals surface area contributed by atoms with Gasteiger partial charge in [-0.2, -0.15) is 0 Å². The Labute approximate surface area is 99.8 Å². The van der Waals surface area contributed by atoms with E-state index < -0.39 is 0 Å². The van der Waals surface area contributed by atoms with Gasteiger partial charge in [-0.15, -0.1) is 4.91 Å². The molecule has 0 unspecified atom stereocenters. The van der Waals surface area contributed by atoms with Crippen LogP contribution in [0.5, 0.6) is 0 Å². The minimum atomic E-state index is 0.0917. The number of anilines is 1. The van der Waals surface area contributed by atoms with Gasteiger partial charge in [-0.1, -0.05) is 12.1 Å². The van der Waals surface area contributed by atoms with Crippen LogP contribution in [0, 0.1) is 4.91 Å². The quantitative estimate of drug-likeness (QED) is 0.747. The summed E-state index contributed by atoms with van der Waals surface area (Å²) in [6, 6.07) is 9.83. The third-order valence-electron chi connectivity index (χ3n) is 3.28. The van der Waals surface area contributed by atoms with E-state index in [1.807, 2.05) is 12.1 Å². The molecule has 0 bridgehead atoms. The van der Waals surface area contributed by atoms with Crippen molar-refractivity contribution in [3.8, 4) is 0 Å². The van der Waals surface area contributed by atoms with E-state index in [-0.39, 0.29) is 5.54 Å². The minimum absolute atomic E-state index is 0.0917. The normalized spacial score (nSPS) is 16.6. The maximum Gasteiger partial charge on any atom is 0.115 e. The van der Waals surface area contributed by atoms with Crippen LogP contribution in [0.1, 0.15) is 19.4 Å². The lowest BCUT2D eigenvalue weighted by atomic mass is 9.98. The first-order valence-corrected chi connectivity index (χ1v) is 5.76. The van der Waals surface area contributed by atoms with Gasteiger partial charge in [0.25, 0.3) is 0 Å². The Kier molecular flexibility index (Phi) is 1.99. The molecule has 1 heterocycles. The first-order valence-electron chi connectivity index (χ1n) is 5.76. The predicted molar refractivity (Wildman–Crippen MR) is 70.8 cm³/mol. The number of hydrogen-bond acceptors (Lipinski definition) is 3. The number of nitrogens with zero attached hydrogens (tertiary/aromatic N) is 1. The van der Waals surface area contributed by atoms with Gasteiger partial charge in [0.15, 0.2) is 0 Å². The standard InChI is InChI=1S/C14H14N2O/c1-14(2)8-10-6-11-9(7-13(10)15-14)4-3-5-12(11)16-17/h3-7,15H,8H2,1-2H3. The molecule has 0 aromatic heterocycles. The summed E-state index contributed by atoms with van der Waals surface area (Å²) in [6.45, 7) is 4.35. The van der Waals surface area contributed by atoms with Crippen molar-refractivity contribution < 1.29 is 0 Å². The second-order valence-electron chi connectivity index (χ2n) is 5.28. The molecular weight excluding hydrogens is 212 g/mol. The average molecular weight is 226 g/mol. The summed E-state index contributed by atoms with van der Waals surface area (Å²) in [5, 5.41) is 8.59. The molecule has 2 aromatic rings. The van der Waals surface area contributed by atoms with Crippen LogP contribution >= 0.6 is 0 Å². The Hall–Kier alpha value is -1.90. The summed E-state index contributed by atoms with van der Waals surface area (Å²) >= 11 is 0. The highest BCUT2D eigenvalue weighted by atomic mass is 16.3. The number of nitroso groups, excluding NO2 is 1. The fourth-order valence-electron chi connectivity index (χ4n) is 2.58. The van der Waals surface area contributed by atoms with Crippen molar-refractivity contribution >= 4 is 22.1 Å². The predicted octanol–water partition coefficient (Wildman–Crippen LogP) is 3.98. The Morgan fingerprint density at radius 3 is 2.88 bits per heavy atom. The summed E-state index contributed by atoms with van der Waals surface area (Å²) in [5.41, 5.74) is 3.05. The van der Waals surface area contributed by atoms with Crippen molar-refractivity contribution in [2.75, 3.05) is 5.32 Å². The highest BCUT2D eigenvalue weighted by molar-refractivity contribution is 5.96. The second kappa shape index (κ2) is 3.29. The topological polar surface area (TPSA) is 41.5 Å². The van der Waals surface area contributed by atoms with E-state index in [0.717, 1.165) is 17.2 Å². The smallest absolute Gasteiger partial charge is 0.115 e. The van der Waals surface area contributed by atoms with Crippen molar-refractivity contribution in [2.24, 2.45) is 5.18 Å². The molecule has 0 fully saturated rings. The minimum Gasteiger partial charge on any atom is -0.380 e. The summed E-state index contributed by atoms with van der Waals surface area (Å²) in [4.78, 5) is 10.8. The maximum atomic E-state index is 10.8. The molecule has 0 radical (unpaired) electrons. The van der Waals surface area contributed by atoms with E-state index >= 15 is 0 Å². The van der Waals surface area contributed by atoms with Crippen LogP contribution in [0.3, 0.4) is 0 Å².